The summed E-state index contributed by atoms with van der Waals surface area (Å²) in [6, 6.07) is 13.4. The molecule has 172 valence electrons. The molecule has 9 heteroatoms. The molecule has 1 saturated heterocycles. The molecule has 2 heterocycles. The number of carbonyl (C=O) groups excluding carboxylic acids is 1. The van der Waals surface area contributed by atoms with E-state index >= 15 is 0 Å². The van der Waals surface area contributed by atoms with Crippen LogP contribution in [0.3, 0.4) is 0 Å². The first-order valence-electron chi connectivity index (χ1n) is 10.3. The third-order valence-electron chi connectivity index (χ3n) is 5.84. The van der Waals surface area contributed by atoms with Crippen molar-refractivity contribution in [3.8, 4) is 29.1 Å². The summed E-state index contributed by atoms with van der Waals surface area (Å²) in [5, 5.41) is 10.8. The van der Waals surface area contributed by atoms with Crippen molar-refractivity contribution in [2.45, 2.75) is 12.3 Å². The van der Waals surface area contributed by atoms with E-state index in [0.717, 1.165) is 11.3 Å². The third kappa shape index (κ3) is 4.14. The molecule has 0 unspecified atom stereocenters. The number of hydrogen-bond donors (Lipinski definition) is 0. The van der Waals surface area contributed by atoms with Crippen molar-refractivity contribution in [3.05, 3.63) is 52.6 Å². The molecule has 33 heavy (non-hydrogen) atoms. The highest BCUT2D eigenvalue weighted by Crippen LogP contribution is 2.46. The molecule has 1 amide bonds. The standard InChI is InChI=1S/C24H25N3O5S/c1-29-15-5-7-17(21(9-15)31-3)18-11-23(28)27-13-26(14-33-24(27)19(18)12-25)20-8-6-16(30-2)10-22(20)32-4/h5-10,18H,11,13-14H2,1-4H3/t18-/m1/s1. The van der Waals surface area contributed by atoms with Crippen LogP contribution in [0.4, 0.5) is 5.69 Å². The number of carbonyl (C=O) groups is 1. The molecule has 0 radical (unpaired) electrons. The lowest BCUT2D eigenvalue weighted by Gasteiger charge is -2.42. The van der Waals surface area contributed by atoms with E-state index in [1.807, 2.05) is 35.2 Å². The first-order valence-corrected chi connectivity index (χ1v) is 11.3. The molecule has 0 aliphatic carbocycles. The van der Waals surface area contributed by atoms with Crippen LogP contribution in [0.25, 0.3) is 0 Å². The summed E-state index contributed by atoms with van der Waals surface area (Å²) in [5.41, 5.74) is 2.23. The highest BCUT2D eigenvalue weighted by atomic mass is 32.2. The van der Waals surface area contributed by atoms with Gasteiger partial charge in [-0.15, -0.1) is 0 Å². The number of hydrogen-bond acceptors (Lipinski definition) is 8. The second-order valence-electron chi connectivity index (χ2n) is 7.51. The van der Waals surface area contributed by atoms with Gasteiger partial charge in [-0.3, -0.25) is 9.69 Å². The summed E-state index contributed by atoms with van der Waals surface area (Å²) in [6.45, 7) is 0.335. The number of amides is 1. The maximum absolute atomic E-state index is 13.3. The van der Waals surface area contributed by atoms with Crippen molar-refractivity contribution in [2.24, 2.45) is 0 Å². The number of nitriles is 1. The second kappa shape index (κ2) is 9.55. The van der Waals surface area contributed by atoms with Crippen molar-refractivity contribution >= 4 is 23.4 Å². The quantitative estimate of drug-likeness (QED) is 0.632. The van der Waals surface area contributed by atoms with Gasteiger partial charge in [0.05, 0.1) is 63.3 Å². The highest BCUT2D eigenvalue weighted by Gasteiger charge is 2.39. The van der Waals surface area contributed by atoms with Crippen LogP contribution in [-0.2, 0) is 4.79 Å². The molecular formula is C24H25N3O5S. The Morgan fingerprint density at radius 3 is 2.27 bits per heavy atom. The van der Waals surface area contributed by atoms with Gasteiger partial charge in [-0.25, -0.2) is 0 Å². The largest absolute Gasteiger partial charge is 0.497 e. The van der Waals surface area contributed by atoms with Crippen LogP contribution in [0.2, 0.25) is 0 Å². The smallest absolute Gasteiger partial charge is 0.229 e. The van der Waals surface area contributed by atoms with Gasteiger partial charge >= 0.3 is 0 Å². The number of allylic oxidation sites excluding steroid dienone is 1. The summed E-state index contributed by atoms with van der Waals surface area (Å²) in [7, 11) is 6.37. The Morgan fingerprint density at radius 2 is 1.64 bits per heavy atom. The summed E-state index contributed by atoms with van der Waals surface area (Å²) < 4.78 is 21.7. The first kappa shape index (κ1) is 22.7. The number of nitrogens with zero attached hydrogens (tertiary/aromatic N) is 3. The Hall–Kier alpha value is -3.51. The first-order chi connectivity index (χ1) is 16.0. The summed E-state index contributed by atoms with van der Waals surface area (Å²) in [5.74, 6) is 2.76. The molecule has 0 saturated carbocycles. The SMILES string of the molecule is COc1ccc([C@H]2CC(=O)N3CN(c4ccc(OC)cc4OC)CSC3=C2C#N)c(OC)c1. The van der Waals surface area contributed by atoms with Crippen molar-refractivity contribution in [2.75, 3.05) is 45.9 Å². The minimum Gasteiger partial charge on any atom is -0.497 e. The van der Waals surface area contributed by atoms with Crippen LogP contribution >= 0.6 is 11.8 Å². The van der Waals surface area contributed by atoms with E-state index in [1.54, 1.807) is 39.4 Å². The Bertz CT molecular complexity index is 1140. The average molecular weight is 468 g/mol. The molecule has 0 N–H and O–H groups in total. The number of methoxy groups -OCH3 is 4. The van der Waals surface area contributed by atoms with Crippen LogP contribution < -0.4 is 23.8 Å². The summed E-state index contributed by atoms with van der Waals surface area (Å²) >= 11 is 1.47. The van der Waals surface area contributed by atoms with E-state index in [-0.39, 0.29) is 18.2 Å². The van der Waals surface area contributed by atoms with Gasteiger partial charge in [0.25, 0.3) is 0 Å². The average Bonchev–Trinajstić information content (AvgIpc) is 2.87. The van der Waals surface area contributed by atoms with E-state index in [0.29, 0.717) is 46.1 Å². The van der Waals surface area contributed by atoms with E-state index in [9.17, 15) is 10.1 Å². The van der Waals surface area contributed by atoms with Crippen molar-refractivity contribution < 1.29 is 23.7 Å². The molecule has 2 aliphatic rings. The third-order valence-corrected chi connectivity index (χ3v) is 6.99. The Balaban J connectivity index is 1.68. The predicted molar refractivity (Wildman–Crippen MR) is 126 cm³/mol. The van der Waals surface area contributed by atoms with Gasteiger partial charge in [-0.2, -0.15) is 5.26 Å². The van der Waals surface area contributed by atoms with E-state index < -0.39 is 0 Å². The number of benzene rings is 2. The fourth-order valence-electron chi connectivity index (χ4n) is 4.13. The lowest BCUT2D eigenvalue weighted by molar-refractivity contribution is -0.129. The predicted octanol–water partition coefficient (Wildman–Crippen LogP) is 3.94. The molecule has 8 nitrogen and oxygen atoms in total. The van der Waals surface area contributed by atoms with Gasteiger partial charge < -0.3 is 23.8 Å². The fraction of sp³-hybridized carbons (Fsp3) is 0.333. The van der Waals surface area contributed by atoms with Crippen molar-refractivity contribution in [1.29, 1.82) is 5.26 Å². The normalized spacial score (nSPS) is 17.9. The zero-order valence-electron chi connectivity index (χ0n) is 19.0. The molecule has 2 aliphatic heterocycles. The zero-order valence-corrected chi connectivity index (χ0v) is 19.8. The summed E-state index contributed by atoms with van der Waals surface area (Å²) in [4.78, 5) is 17.0. The molecule has 2 aromatic rings. The molecule has 2 aromatic carbocycles. The maximum Gasteiger partial charge on any atom is 0.229 e. The molecule has 0 aromatic heterocycles. The Kier molecular flexibility index (Phi) is 6.56. The van der Waals surface area contributed by atoms with Crippen LogP contribution in [0.5, 0.6) is 23.0 Å². The van der Waals surface area contributed by atoms with Gasteiger partial charge in [0.1, 0.15) is 23.0 Å². The van der Waals surface area contributed by atoms with Gasteiger partial charge in [-0.1, -0.05) is 17.8 Å². The zero-order chi connectivity index (χ0) is 23.5. The monoisotopic (exact) mass is 467 g/mol. The van der Waals surface area contributed by atoms with Crippen LogP contribution in [0.15, 0.2) is 47.0 Å². The number of anilines is 1. The Morgan fingerprint density at radius 1 is 0.970 bits per heavy atom. The molecule has 0 spiro atoms. The molecule has 1 atom stereocenters. The summed E-state index contributed by atoms with van der Waals surface area (Å²) in [6.07, 6.45) is 0.184. The maximum atomic E-state index is 13.3. The number of ether oxygens (including phenoxy) is 4. The lowest BCUT2D eigenvalue weighted by Crippen LogP contribution is -2.47. The van der Waals surface area contributed by atoms with Gasteiger partial charge in [0, 0.05) is 30.0 Å². The molecule has 0 bridgehead atoms. The fourth-order valence-corrected chi connectivity index (χ4v) is 5.29. The highest BCUT2D eigenvalue weighted by molar-refractivity contribution is 8.03. The van der Waals surface area contributed by atoms with E-state index in [4.69, 9.17) is 18.9 Å². The molecule has 4 rings (SSSR count). The molecular weight excluding hydrogens is 442 g/mol. The lowest BCUT2D eigenvalue weighted by atomic mass is 9.86. The number of rotatable bonds is 6. The minimum atomic E-state index is -0.371. The molecule has 1 fully saturated rings. The number of fused-ring (bicyclic) bond motifs is 1. The second-order valence-corrected chi connectivity index (χ2v) is 8.44. The van der Waals surface area contributed by atoms with Gasteiger partial charge in [0.2, 0.25) is 5.91 Å². The van der Waals surface area contributed by atoms with E-state index in [1.165, 1.54) is 11.8 Å². The van der Waals surface area contributed by atoms with Crippen LogP contribution in [-0.4, -0.2) is 51.8 Å². The van der Waals surface area contributed by atoms with Crippen molar-refractivity contribution in [3.63, 3.8) is 0 Å². The van der Waals surface area contributed by atoms with Gasteiger partial charge in [-0.05, 0) is 18.2 Å². The van der Waals surface area contributed by atoms with Gasteiger partial charge in [0.15, 0.2) is 0 Å². The topological polar surface area (TPSA) is 84.3 Å². The van der Waals surface area contributed by atoms with Crippen molar-refractivity contribution in [1.82, 2.24) is 4.90 Å². The number of thioether (sulfide) groups is 1. The van der Waals surface area contributed by atoms with Crippen LogP contribution in [0.1, 0.15) is 17.9 Å². The Labute approximate surface area is 197 Å². The minimum absolute atomic E-state index is 0.0449. The van der Waals surface area contributed by atoms with E-state index in [2.05, 4.69) is 6.07 Å². The van der Waals surface area contributed by atoms with Crippen LogP contribution in [0, 0.1) is 11.3 Å².